The summed E-state index contributed by atoms with van der Waals surface area (Å²) in [6.07, 6.45) is 10.5. The number of allylic oxidation sites excluding steroid dienone is 1. The average Bonchev–Trinajstić information content (AvgIpc) is 2.45. The zero-order valence-electron chi connectivity index (χ0n) is 12.1. The molecule has 0 aliphatic carbocycles. The molecule has 6 nitrogen and oxygen atoms in total. The van der Waals surface area contributed by atoms with Crippen LogP contribution in [-0.2, 0) is 19.1 Å². The number of methoxy groups -OCH3 is 1. The Morgan fingerprint density at radius 3 is 1.80 bits per heavy atom. The van der Waals surface area contributed by atoms with E-state index < -0.39 is 0 Å². The van der Waals surface area contributed by atoms with Crippen LogP contribution in [0.25, 0.3) is 0 Å². The summed E-state index contributed by atoms with van der Waals surface area (Å²) in [5.74, 6) is -0.181. The summed E-state index contributed by atoms with van der Waals surface area (Å²) in [7, 11) is 1.39. The first-order valence-electron chi connectivity index (χ1n) is 6.22. The van der Waals surface area contributed by atoms with Crippen LogP contribution >= 0.6 is 0 Å². The fourth-order valence-corrected chi connectivity index (χ4v) is 0.814. The van der Waals surface area contributed by atoms with E-state index in [0.29, 0.717) is 19.3 Å². The molecule has 6 heteroatoms. The number of esters is 1. The number of aliphatic hydroxyl groups is 2. The summed E-state index contributed by atoms with van der Waals surface area (Å²) in [5.41, 5.74) is 0. The van der Waals surface area contributed by atoms with Crippen LogP contribution in [0.2, 0.25) is 0 Å². The maximum absolute atomic E-state index is 10.4. The normalized spacial score (nSPS) is 9.20. The lowest BCUT2D eigenvalue weighted by atomic mass is 10.3. The van der Waals surface area contributed by atoms with Gasteiger partial charge in [-0.1, -0.05) is 31.2 Å². The van der Waals surface area contributed by atoms with E-state index in [4.69, 9.17) is 19.8 Å². The highest BCUT2D eigenvalue weighted by molar-refractivity contribution is 5.70. The predicted octanol–water partition coefficient (Wildman–Crippen LogP) is 1.24. The topological polar surface area (TPSA) is 101 Å². The molecule has 116 valence electrons. The van der Waals surface area contributed by atoms with Crippen molar-refractivity contribution in [2.75, 3.05) is 20.3 Å². The van der Waals surface area contributed by atoms with Gasteiger partial charge in [0.1, 0.15) is 0 Å². The van der Waals surface area contributed by atoms with E-state index in [-0.39, 0.29) is 25.3 Å². The fourth-order valence-electron chi connectivity index (χ4n) is 0.814. The SMILES string of the molecule is CC/C=C/CC(=O)OC.O=C=O.OCC/C=C/CCO. The molecule has 0 fully saturated rings. The number of hydrogen-bond donors (Lipinski definition) is 2. The molecular weight excluding hydrogens is 264 g/mol. The highest BCUT2D eigenvalue weighted by Gasteiger charge is 1.91. The third-order valence-corrected chi connectivity index (χ3v) is 1.67. The minimum absolute atomic E-state index is 0.181. The number of rotatable bonds is 7. The van der Waals surface area contributed by atoms with Crippen LogP contribution in [0, 0.1) is 0 Å². The molecule has 0 heterocycles. The molecule has 20 heavy (non-hydrogen) atoms. The van der Waals surface area contributed by atoms with E-state index >= 15 is 0 Å². The Bertz CT molecular complexity index is 269. The fraction of sp³-hybridized carbons (Fsp3) is 0.571. The Kier molecular flexibility index (Phi) is 30.3. The van der Waals surface area contributed by atoms with Crippen LogP contribution in [0.1, 0.15) is 32.6 Å². The number of aliphatic hydroxyl groups excluding tert-OH is 2. The predicted molar refractivity (Wildman–Crippen MR) is 73.6 cm³/mol. The minimum atomic E-state index is -0.181. The lowest BCUT2D eigenvalue weighted by molar-refractivity contribution is -0.191. The lowest BCUT2D eigenvalue weighted by Gasteiger charge is -1.90. The first kappa shape index (κ1) is 23.4. The van der Waals surface area contributed by atoms with Gasteiger partial charge in [-0.3, -0.25) is 4.79 Å². The molecule has 0 unspecified atom stereocenters. The van der Waals surface area contributed by atoms with Crippen LogP contribution in [0.4, 0.5) is 0 Å². The van der Waals surface area contributed by atoms with Gasteiger partial charge in [0.25, 0.3) is 0 Å². The molecule has 0 aliphatic rings. The number of hydrogen-bond acceptors (Lipinski definition) is 6. The highest BCUT2D eigenvalue weighted by Crippen LogP contribution is 1.87. The molecular formula is C14H24O6. The third kappa shape index (κ3) is 36.0. The monoisotopic (exact) mass is 288 g/mol. The third-order valence-electron chi connectivity index (χ3n) is 1.67. The lowest BCUT2D eigenvalue weighted by Crippen LogP contribution is -1.96. The van der Waals surface area contributed by atoms with Gasteiger partial charge in [-0.15, -0.1) is 0 Å². The Morgan fingerprint density at radius 2 is 1.50 bits per heavy atom. The molecule has 0 saturated heterocycles. The largest absolute Gasteiger partial charge is 0.469 e. The number of carbonyl (C=O) groups is 1. The maximum Gasteiger partial charge on any atom is 0.373 e. The van der Waals surface area contributed by atoms with E-state index in [0.717, 1.165) is 6.42 Å². The molecule has 0 aromatic heterocycles. The van der Waals surface area contributed by atoms with E-state index in [1.165, 1.54) is 7.11 Å². The summed E-state index contributed by atoms with van der Waals surface area (Å²) >= 11 is 0. The first-order valence-corrected chi connectivity index (χ1v) is 6.22. The van der Waals surface area contributed by atoms with E-state index in [9.17, 15) is 4.79 Å². The molecule has 0 bridgehead atoms. The second-order valence-corrected chi connectivity index (χ2v) is 3.24. The van der Waals surface area contributed by atoms with Crippen LogP contribution in [-0.4, -0.2) is 42.7 Å². The van der Waals surface area contributed by atoms with Crippen molar-refractivity contribution in [1.82, 2.24) is 0 Å². The molecule has 0 amide bonds. The molecule has 0 aromatic rings. The van der Waals surface area contributed by atoms with Gasteiger partial charge in [-0.05, 0) is 19.3 Å². The maximum atomic E-state index is 10.4. The molecule has 0 rings (SSSR count). The smallest absolute Gasteiger partial charge is 0.373 e. The second-order valence-electron chi connectivity index (χ2n) is 3.24. The van der Waals surface area contributed by atoms with Gasteiger partial charge in [0.15, 0.2) is 0 Å². The van der Waals surface area contributed by atoms with Gasteiger partial charge in [-0.2, -0.15) is 9.59 Å². The summed E-state index contributed by atoms with van der Waals surface area (Å²) in [4.78, 5) is 26.7. The van der Waals surface area contributed by atoms with Crippen molar-refractivity contribution in [3.63, 3.8) is 0 Å². The first-order chi connectivity index (χ1) is 9.64. The summed E-state index contributed by atoms with van der Waals surface area (Å²) < 4.78 is 4.41. The van der Waals surface area contributed by atoms with Crippen LogP contribution < -0.4 is 0 Å². The van der Waals surface area contributed by atoms with Crippen LogP contribution in [0.5, 0.6) is 0 Å². The van der Waals surface area contributed by atoms with Crippen molar-refractivity contribution in [3.05, 3.63) is 24.3 Å². The van der Waals surface area contributed by atoms with Crippen molar-refractivity contribution in [2.24, 2.45) is 0 Å². The standard InChI is InChI=1S/C7H12O2.C6H12O2.CO2/c1-3-4-5-6-7(8)9-2;7-5-3-1-2-4-6-8;2-1-3/h4-5H,3,6H2,1-2H3;1-2,7-8H,3-6H2;/b5-4+;2-1+;. The van der Waals surface area contributed by atoms with Crippen molar-refractivity contribution in [3.8, 4) is 0 Å². The molecule has 2 N–H and O–H groups in total. The van der Waals surface area contributed by atoms with Crippen LogP contribution in [0.15, 0.2) is 24.3 Å². The zero-order valence-corrected chi connectivity index (χ0v) is 12.1. The van der Waals surface area contributed by atoms with E-state index in [2.05, 4.69) is 4.74 Å². The summed E-state index contributed by atoms with van der Waals surface area (Å²) in [5, 5.41) is 16.5. The average molecular weight is 288 g/mol. The van der Waals surface area contributed by atoms with E-state index in [1.54, 1.807) is 0 Å². The number of ether oxygens (including phenoxy) is 1. The van der Waals surface area contributed by atoms with Crippen molar-refractivity contribution in [1.29, 1.82) is 0 Å². The van der Waals surface area contributed by atoms with Crippen molar-refractivity contribution < 1.29 is 29.3 Å². The Labute approximate surface area is 119 Å². The minimum Gasteiger partial charge on any atom is -0.469 e. The second kappa shape index (κ2) is 25.9. The van der Waals surface area contributed by atoms with Crippen molar-refractivity contribution in [2.45, 2.75) is 32.6 Å². The molecule has 0 radical (unpaired) electrons. The Hall–Kier alpha value is -1.75. The van der Waals surface area contributed by atoms with E-state index in [1.807, 2.05) is 31.2 Å². The summed E-state index contributed by atoms with van der Waals surface area (Å²) in [6, 6.07) is 0. The molecule has 0 spiro atoms. The van der Waals surface area contributed by atoms with Crippen molar-refractivity contribution >= 4 is 12.1 Å². The number of carbonyl (C=O) groups excluding carboxylic acids is 3. The molecule has 0 atom stereocenters. The zero-order chi connectivity index (χ0) is 16.1. The molecule has 0 saturated carbocycles. The Balaban J connectivity index is -0.000000243. The molecule has 0 aromatic carbocycles. The van der Waals surface area contributed by atoms with Gasteiger partial charge in [0.05, 0.1) is 13.5 Å². The quantitative estimate of drug-likeness (QED) is 0.540. The van der Waals surface area contributed by atoms with Gasteiger partial charge in [0, 0.05) is 13.2 Å². The summed E-state index contributed by atoms with van der Waals surface area (Å²) in [6.45, 7) is 2.41. The molecule has 0 aliphatic heterocycles. The Morgan fingerprint density at radius 1 is 1.05 bits per heavy atom. The van der Waals surface area contributed by atoms with Gasteiger partial charge in [0.2, 0.25) is 0 Å². The van der Waals surface area contributed by atoms with Gasteiger partial charge in [-0.25, -0.2) is 0 Å². The van der Waals surface area contributed by atoms with Crippen LogP contribution in [0.3, 0.4) is 0 Å². The van der Waals surface area contributed by atoms with Gasteiger partial charge < -0.3 is 14.9 Å². The van der Waals surface area contributed by atoms with Gasteiger partial charge >= 0.3 is 12.1 Å². The highest BCUT2D eigenvalue weighted by atomic mass is 16.5.